The van der Waals surface area contributed by atoms with Crippen LogP contribution >= 0.6 is 11.8 Å². The normalized spacial score (nSPS) is 10.7. The molecule has 0 bridgehead atoms. The second kappa shape index (κ2) is 5.97. The maximum Gasteiger partial charge on any atom is 0.277 e. The van der Waals surface area contributed by atoms with E-state index in [9.17, 15) is 4.79 Å². The number of nitrogens with zero attached hydrogens (tertiary/aromatic N) is 2. The van der Waals surface area contributed by atoms with Gasteiger partial charge < -0.3 is 8.83 Å². The minimum Gasteiger partial charge on any atom is -0.469 e. The average Bonchev–Trinajstić information content (AvgIpc) is 3.14. The molecule has 0 aliphatic heterocycles. The number of ketones is 1. The van der Waals surface area contributed by atoms with Crippen LogP contribution in [0.1, 0.15) is 16.1 Å². The number of Topliss-reactive ketones (excluding diaryl/α,β-unsaturated/α-hetero) is 1. The quantitative estimate of drug-likeness (QED) is 0.529. The van der Waals surface area contributed by atoms with E-state index in [-0.39, 0.29) is 11.5 Å². The summed E-state index contributed by atoms with van der Waals surface area (Å²) in [6.07, 6.45) is 1.57. The zero-order valence-electron chi connectivity index (χ0n) is 11.3. The van der Waals surface area contributed by atoms with E-state index < -0.39 is 0 Å². The number of furan rings is 1. The summed E-state index contributed by atoms with van der Waals surface area (Å²) in [7, 11) is 0. The molecule has 2 heterocycles. The van der Waals surface area contributed by atoms with Gasteiger partial charge in [0.1, 0.15) is 5.76 Å². The summed E-state index contributed by atoms with van der Waals surface area (Å²) in [5.74, 6) is 1.40. The SMILES string of the molecule is Cc1occc1-c1nnc(SCC(=O)c2ccccc2)o1. The van der Waals surface area contributed by atoms with Gasteiger partial charge in [0, 0.05) is 5.56 Å². The van der Waals surface area contributed by atoms with Crippen molar-refractivity contribution in [2.45, 2.75) is 12.1 Å². The summed E-state index contributed by atoms with van der Waals surface area (Å²) in [6.45, 7) is 1.82. The number of hydrogen-bond acceptors (Lipinski definition) is 6. The van der Waals surface area contributed by atoms with Crippen molar-refractivity contribution in [3.8, 4) is 11.5 Å². The minimum atomic E-state index is 0.0276. The van der Waals surface area contributed by atoms with Crippen LogP contribution in [0.2, 0.25) is 0 Å². The van der Waals surface area contributed by atoms with Gasteiger partial charge in [0.25, 0.3) is 11.1 Å². The number of aromatic nitrogens is 2. The second-order valence-electron chi connectivity index (χ2n) is 4.34. The zero-order chi connectivity index (χ0) is 14.7. The second-order valence-corrected chi connectivity index (χ2v) is 5.27. The summed E-state index contributed by atoms with van der Waals surface area (Å²) in [5, 5.41) is 8.26. The summed E-state index contributed by atoms with van der Waals surface area (Å²) >= 11 is 1.23. The molecule has 0 amide bonds. The topological polar surface area (TPSA) is 69.1 Å². The molecule has 0 atom stereocenters. The Labute approximate surface area is 125 Å². The minimum absolute atomic E-state index is 0.0276. The van der Waals surface area contributed by atoms with E-state index in [0.717, 1.165) is 11.3 Å². The number of thioether (sulfide) groups is 1. The molecule has 3 aromatic rings. The van der Waals surface area contributed by atoms with Gasteiger partial charge in [-0.3, -0.25) is 4.79 Å². The molecule has 0 radical (unpaired) electrons. The van der Waals surface area contributed by atoms with Crippen LogP contribution in [0.25, 0.3) is 11.5 Å². The van der Waals surface area contributed by atoms with Crippen LogP contribution < -0.4 is 0 Å². The highest BCUT2D eigenvalue weighted by Crippen LogP contribution is 2.26. The van der Waals surface area contributed by atoms with Crippen molar-refractivity contribution in [2.24, 2.45) is 0 Å². The van der Waals surface area contributed by atoms with Crippen LogP contribution in [-0.4, -0.2) is 21.7 Å². The molecule has 0 aliphatic rings. The number of carbonyl (C=O) groups is 1. The molecular formula is C15H12N2O3S. The lowest BCUT2D eigenvalue weighted by Crippen LogP contribution is -2.01. The first-order valence-corrected chi connectivity index (χ1v) is 7.31. The zero-order valence-corrected chi connectivity index (χ0v) is 12.1. The van der Waals surface area contributed by atoms with E-state index in [4.69, 9.17) is 8.83 Å². The van der Waals surface area contributed by atoms with Crippen molar-refractivity contribution in [1.82, 2.24) is 10.2 Å². The first-order chi connectivity index (χ1) is 10.2. The number of hydrogen-bond donors (Lipinski definition) is 0. The van der Waals surface area contributed by atoms with Crippen LogP contribution in [0, 0.1) is 6.92 Å². The summed E-state index contributed by atoms with van der Waals surface area (Å²) in [5.41, 5.74) is 1.44. The van der Waals surface area contributed by atoms with Gasteiger partial charge in [0.15, 0.2) is 5.78 Å². The molecule has 0 saturated carbocycles. The third-order valence-corrected chi connectivity index (χ3v) is 3.74. The van der Waals surface area contributed by atoms with Crippen LogP contribution in [0.4, 0.5) is 0 Å². The first-order valence-electron chi connectivity index (χ1n) is 6.33. The summed E-state index contributed by atoms with van der Waals surface area (Å²) in [4.78, 5) is 12.0. The Bertz CT molecular complexity index is 749. The molecule has 0 spiro atoms. The van der Waals surface area contributed by atoms with E-state index >= 15 is 0 Å². The van der Waals surface area contributed by atoms with Crippen LogP contribution in [0.3, 0.4) is 0 Å². The molecular weight excluding hydrogens is 288 g/mol. The number of benzene rings is 1. The molecule has 1 aromatic carbocycles. The van der Waals surface area contributed by atoms with Gasteiger partial charge in [-0.2, -0.15) is 0 Å². The fourth-order valence-electron chi connectivity index (χ4n) is 1.82. The number of aryl methyl sites for hydroxylation is 1. The Morgan fingerprint density at radius 1 is 1.19 bits per heavy atom. The monoisotopic (exact) mass is 300 g/mol. The Balaban J connectivity index is 1.66. The maximum absolute atomic E-state index is 12.0. The molecule has 0 unspecified atom stereocenters. The lowest BCUT2D eigenvalue weighted by atomic mass is 10.2. The fraction of sp³-hybridized carbons (Fsp3) is 0.133. The predicted molar refractivity (Wildman–Crippen MR) is 78.2 cm³/mol. The maximum atomic E-state index is 12.0. The highest BCUT2D eigenvalue weighted by Gasteiger charge is 2.14. The van der Waals surface area contributed by atoms with Crippen LogP contribution in [-0.2, 0) is 0 Å². The van der Waals surface area contributed by atoms with Crippen molar-refractivity contribution in [2.75, 3.05) is 5.75 Å². The summed E-state index contributed by atoms with van der Waals surface area (Å²) < 4.78 is 10.7. The van der Waals surface area contributed by atoms with Gasteiger partial charge in [-0.25, -0.2) is 0 Å². The lowest BCUT2D eigenvalue weighted by Gasteiger charge is -1.97. The Morgan fingerprint density at radius 2 is 2.00 bits per heavy atom. The van der Waals surface area contributed by atoms with Crippen molar-refractivity contribution < 1.29 is 13.6 Å². The van der Waals surface area contributed by atoms with E-state index in [0.29, 0.717) is 16.7 Å². The number of carbonyl (C=O) groups excluding carboxylic acids is 1. The molecule has 0 aliphatic carbocycles. The Kier molecular flexibility index (Phi) is 3.87. The molecule has 106 valence electrons. The fourth-order valence-corrected chi connectivity index (χ4v) is 2.48. The molecule has 0 fully saturated rings. The standard InChI is InChI=1S/C15H12N2O3S/c1-10-12(7-8-19-10)14-16-17-15(20-14)21-9-13(18)11-5-3-2-4-6-11/h2-8H,9H2,1H3. The lowest BCUT2D eigenvalue weighted by molar-refractivity contribution is 0.102. The van der Waals surface area contributed by atoms with Gasteiger partial charge in [-0.05, 0) is 13.0 Å². The van der Waals surface area contributed by atoms with E-state index in [1.54, 1.807) is 24.5 Å². The molecule has 0 saturated heterocycles. The molecule has 5 nitrogen and oxygen atoms in total. The van der Waals surface area contributed by atoms with E-state index in [1.807, 2.05) is 25.1 Å². The van der Waals surface area contributed by atoms with Crippen LogP contribution in [0.15, 0.2) is 56.7 Å². The highest BCUT2D eigenvalue weighted by molar-refractivity contribution is 7.99. The highest BCUT2D eigenvalue weighted by atomic mass is 32.2. The molecule has 0 N–H and O–H groups in total. The van der Waals surface area contributed by atoms with Crippen molar-refractivity contribution in [1.29, 1.82) is 0 Å². The van der Waals surface area contributed by atoms with Crippen molar-refractivity contribution in [3.05, 3.63) is 54.0 Å². The average molecular weight is 300 g/mol. The van der Waals surface area contributed by atoms with Crippen molar-refractivity contribution >= 4 is 17.5 Å². The molecule has 21 heavy (non-hydrogen) atoms. The van der Waals surface area contributed by atoms with E-state index in [1.165, 1.54) is 11.8 Å². The third-order valence-electron chi connectivity index (χ3n) is 2.92. The Hall–Kier alpha value is -2.34. The van der Waals surface area contributed by atoms with Gasteiger partial charge in [-0.1, -0.05) is 42.1 Å². The van der Waals surface area contributed by atoms with Gasteiger partial charge in [0.2, 0.25) is 0 Å². The van der Waals surface area contributed by atoms with Gasteiger partial charge in [-0.15, -0.1) is 10.2 Å². The Morgan fingerprint density at radius 3 is 2.71 bits per heavy atom. The molecule has 2 aromatic heterocycles. The van der Waals surface area contributed by atoms with Gasteiger partial charge in [0.05, 0.1) is 17.6 Å². The molecule has 3 rings (SSSR count). The van der Waals surface area contributed by atoms with Crippen LogP contribution in [0.5, 0.6) is 0 Å². The third kappa shape index (κ3) is 3.05. The molecule has 6 heteroatoms. The first kappa shape index (κ1) is 13.6. The predicted octanol–water partition coefficient (Wildman–Crippen LogP) is 3.61. The largest absolute Gasteiger partial charge is 0.469 e. The number of rotatable bonds is 5. The van der Waals surface area contributed by atoms with Gasteiger partial charge >= 0.3 is 0 Å². The van der Waals surface area contributed by atoms with Crippen molar-refractivity contribution in [3.63, 3.8) is 0 Å². The smallest absolute Gasteiger partial charge is 0.277 e. The summed E-state index contributed by atoms with van der Waals surface area (Å²) in [6, 6.07) is 10.9. The van der Waals surface area contributed by atoms with E-state index in [2.05, 4.69) is 10.2 Å².